The zero-order valence-electron chi connectivity index (χ0n) is 12.7. The van der Waals surface area contributed by atoms with Crippen molar-refractivity contribution >= 4 is 15.7 Å². The topological polar surface area (TPSA) is 54.5 Å². The molecule has 0 heterocycles. The molecule has 4 nitrogen and oxygen atoms in total. The lowest BCUT2D eigenvalue weighted by Crippen LogP contribution is -2.36. The molecular formula is C16H23NO3S. The number of nitrogens with zero attached hydrogens (tertiary/aromatic N) is 1. The Hall–Kier alpha value is -1.36. The molecule has 0 spiro atoms. The Balaban J connectivity index is 2.11. The third-order valence-corrected chi connectivity index (χ3v) is 5.35. The zero-order valence-corrected chi connectivity index (χ0v) is 13.5. The van der Waals surface area contributed by atoms with Crippen molar-refractivity contribution in [3.8, 4) is 0 Å². The molecule has 1 fully saturated rings. The fourth-order valence-corrected chi connectivity index (χ4v) is 3.49. The highest BCUT2D eigenvalue weighted by molar-refractivity contribution is 7.90. The molecule has 0 aliphatic heterocycles. The molecule has 1 saturated carbocycles. The number of carbonyl (C=O) groups is 1. The summed E-state index contributed by atoms with van der Waals surface area (Å²) in [5.74, 6) is -0.0260. The first kappa shape index (κ1) is 16.0. The lowest BCUT2D eigenvalue weighted by Gasteiger charge is -2.27. The first-order valence-electron chi connectivity index (χ1n) is 7.47. The van der Waals surface area contributed by atoms with Crippen molar-refractivity contribution in [3.63, 3.8) is 0 Å². The minimum absolute atomic E-state index is 0.0260. The molecule has 0 atom stereocenters. The Bertz CT molecular complexity index is 584. The summed E-state index contributed by atoms with van der Waals surface area (Å²) in [6, 6.07) is 6.51. The summed E-state index contributed by atoms with van der Waals surface area (Å²) in [5.41, 5.74) is 0.550. The molecule has 5 heteroatoms. The third kappa shape index (κ3) is 4.06. The van der Waals surface area contributed by atoms with Crippen LogP contribution in [0.15, 0.2) is 29.2 Å². The van der Waals surface area contributed by atoms with Crippen molar-refractivity contribution in [1.82, 2.24) is 4.90 Å². The van der Waals surface area contributed by atoms with Crippen LogP contribution >= 0.6 is 0 Å². The molecule has 21 heavy (non-hydrogen) atoms. The molecule has 1 amide bonds. The summed E-state index contributed by atoms with van der Waals surface area (Å²) in [6.07, 6.45) is 8.14. The van der Waals surface area contributed by atoms with Gasteiger partial charge in [-0.15, -0.1) is 0 Å². The van der Waals surface area contributed by atoms with Crippen LogP contribution in [0.25, 0.3) is 0 Å². The molecule has 0 saturated heterocycles. The molecule has 2 rings (SSSR count). The van der Waals surface area contributed by atoms with Gasteiger partial charge in [-0.05, 0) is 37.1 Å². The molecule has 0 radical (unpaired) electrons. The quantitative estimate of drug-likeness (QED) is 0.807. The Morgan fingerprint density at radius 3 is 2.05 bits per heavy atom. The average Bonchev–Trinajstić information content (AvgIpc) is 2.74. The van der Waals surface area contributed by atoms with Gasteiger partial charge in [-0.2, -0.15) is 0 Å². The Labute approximate surface area is 127 Å². The van der Waals surface area contributed by atoms with Crippen LogP contribution in [0.2, 0.25) is 0 Å². The predicted octanol–water partition coefficient (Wildman–Crippen LogP) is 2.88. The molecule has 0 N–H and O–H groups in total. The highest BCUT2D eigenvalue weighted by Gasteiger charge is 2.22. The summed E-state index contributed by atoms with van der Waals surface area (Å²) in [5, 5.41) is 0. The van der Waals surface area contributed by atoms with E-state index in [2.05, 4.69) is 0 Å². The first-order valence-corrected chi connectivity index (χ1v) is 9.36. The monoisotopic (exact) mass is 309 g/mol. The van der Waals surface area contributed by atoms with E-state index in [1.807, 2.05) is 11.9 Å². The van der Waals surface area contributed by atoms with Gasteiger partial charge >= 0.3 is 0 Å². The molecule has 1 aromatic rings. The number of amides is 1. The maximum atomic E-state index is 12.5. The number of sulfone groups is 1. The van der Waals surface area contributed by atoms with Crippen molar-refractivity contribution in [3.05, 3.63) is 29.8 Å². The smallest absolute Gasteiger partial charge is 0.253 e. The highest BCUT2D eigenvalue weighted by atomic mass is 32.2. The van der Waals surface area contributed by atoms with Gasteiger partial charge in [0.05, 0.1) is 4.90 Å². The SMILES string of the molecule is CN(C(=O)c1ccc(S(C)(=O)=O)cc1)C1CCCCCC1. The Morgan fingerprint density at radius 1 is 1.05 bits per heavy atom. The van der Waals surface area contributed by atoms with Crippen LogP contribution in [0.5, 0.6) is 0 Å². The van der Waals surface area contributed by atoms with Crippen molar-refractivity contribution in [2.45, 2.75) is 49.5 Å². The van der Waals surface area contributed by atoms with E-state index in [1.54, 1.807) is 12.1 Å². The molecule has 0 unspecified atom stereocenters. The van der Waals surface area contributed by atoms with E-state index < -0.39 is 9.84 Å². The minimum atomic E-state index is -3.22. The van der Waals surface area contributed by atoms with Gasteiger partial charge in [0.25, 0.3) is 5.91 Å². The van der Waals surface area contributed by atoms with Crippen LogP contribution in [-0.2, 0) is 9.84 Å². The van der Waals surface area contributed by atoms with Gasteiger partial charge in [0.1, 0.15) is 0 Å². The second-order valence-corrected chi connectivity index (χ2v) is 7.87. The van der Waals surface area contributed by atoms with Crippen LogP contribution in [0.3, 0.4) is 0 Å². The molecule has 1 aliphatic rings. The van der Waals surface area contributed by atoms with Gasteiger partial charge in [-0.25, -0.2) is 8.42 Å². The molecule has 116 valence electrons. The number of rotatable bonds is 3. The number of benzene rings is 1. The second kappa shape index (κ2) is 6.60. The van der Waals surface area contributed by atoms with E-state index in [1.165, 1.54) is 44.1 Å². The fourth-order valence-electron chi connectivity index (χ4n) is 2.86. The van der Waals surface area contributed by atoms with Crippen LogP contribution < -0.4 is 0 Å². The summed E-state index contributed by atoms with van der Waals surface area (Å²) in [4.78, 5) is 14.6. The lowest BCUT2D eigenvalue weighted by molar-refractivity contribution is 0.0717. The maximum Gasteiger partial charge on any atom is 0.253 e. The molecule has 1 aromatic carbocycles. The van der Waals surface area contributed by atoms with Crippen LogP contribution in [0, 0.1) is 0 Å². The average molecular weight is 309 g/mol. The summed E-state index contributed by atoms with van der Waals surface area (Å²) >= 11 is 0. The van der Waals surface area contributed by atoms with E-state index in [0.29, 0.717) is 11.6 Å². The second-order valence-electron chi connectivity index (χ2n) is 5.86. The molecule has 0 aromatic heterocycles. The maximum absolute atomic E-state index is 12.5. The van der Waals surface area contributed by atoms with Crippen molar-refractivity contribution in [2.75, 3.05) is 13.3 Å². The Morgan fingerprint density at radius 2 is 1.57 bits per heavy atom. The fraction of sp³-hybridized carbons (Fsp3) is 0.562. The number of hydrogen-bond donors (Lipinski definition) is 0. The van der Waals surface area contributed by atoms with E-state index in [-0.39, 0.29) is 10.8 Å². The summed E-state index contributed by atoms with van der Waals surface area (Å²) < 4.78 is 22.9. The minimum Gasteiger partial charge on any atom is -0.339 e. The van der Waals surface area contributed by atoms with Crippen molar-refractivity contribution < 1.29 is 13.2 Å². The van der Waals surface area contributed by atoms with Crippen molar-refractivity contribution in [2.24, 2.45) is 0 Å². The number of carbonyl (C=O) groups excluding carboxylic acids is 1. The van der Waals surface area contributed by atoms with Crippen LogP contribution in [0.1, 0.15) is 48.9 Å². The number of hydrogen-bond acceptors (Lipinski definition) is 3. The Kier molecular flexibility index (Phi) is 5.04. The highest BCUT2D eigenvalue weighted by Crippen LogP contribution is 2.22. The van der Waals surface area contributed by atoms with Gasteiger partial charge in [0, 0.05) is 24.9 Å². The molecular weight excluding hydrogens is 286 g/mol. The first-order chi connectivity index (χ1) is 9.89. The van der Waals surface area contributed by atoms with Gasteiger partial charge in [0.2, 0.25) is 0 Å². The van der Waals surface area contributed by atoms with E-state index in [9.17, 15) is 13.2 Å². The van der Waals surface area contributed by atoms with Crippen LogP contribution in [-0.4, -0.2) is 38.6 Å². The van der Waals surface area contributed by atoms with Crippen molar-refractivity contribution in [1.29, 1.82) is 0 Å². The van der Waals surface area contributed by atoms with Gasteiger partial charge in [0.15, 0.2) is 9.84 Å². The van der Waals surface area contributed by atoms with Gasteiger partial charge < -0.3 is 4.90 Å². The van der Waals surface area contributed by atoms with Gasteiger partial charge in [-0.3, -0.25) is 4.79 Å². The standard InChI is InChI=1S/C16H23NO3S/c1-17(14-7-5-3-4-6-8-14)16(18)13-9-11-15(12-10-13)21(2,19)20/h9-12,14H,3-8H2,1-2H3. The van der Waals surface area contributed by atoms with Gasteiger partial charge in [-0.1, -0.05) is 25.7 Å². The van der Waals surface area contributed by atoms with E-state index >= 15 is 0 Å². The normalized spacial score (nSPS) is 17.2. The predicted molar refractivity (Wildman–Crippen MR) is 83.1 cm³/mol. The van der Waals surface area contributed by atoms with E-state index in [0.717, 1.165) is 12.8 Å². The van der Waals surface area contributed by atoms with Crippen LogP contribution in [0.4, 0.5) is 0 Å². The zero-order chi connectivity index (χ0) is 15.5. The summed E-state index contributed by atoms with van der Waals surface area (Å²) in [6.45, 7) is 0. The summed E-state index contributed by atoms with van der Waals surface area (Å²) in [7, 11) is -1.37. The van der Waals surface area contributed by atoms with E-state index in [4.69, 9.17) is 0 Å². The lowest BCUT2D eigenvalue weighted by atomic mass is 10.1. The largest absolute Gasteiger partial charge is 0.339 e. The molecule has 0 bridgehead atoms. The molecule has 1 aliphatic carbocycles. The third-order valence-electron chi connectivity index (χ3n) is 4.22.